The van der Waals surface area contributed by atoms with Crippen molar-refractivity contribution in [2.75, 3.05) is 0 Å². The number of nitro benzene ring substituents is 1. The van der Waals surface area contributed by atoms with Crippen molar-refractivity contribution in [3.05, 3.63) is 51.4 Å². The van der Waals surface area contributed by atoms with Gasteiger partial charge in [-0.3, -0.25) is 20.2 Å². The van der Waals surface area contributed by atoms with Crippen molar-refractivity contribution in [1.82, 2.24) is 5.32 Å². The van der Waals surface area contributed by atoms with Gasteiger partial charge in [0.05, 0.1) is 4.92 Å². The van der Waals surface area contributed by atoms with E-state index in [4.69, 9.17) is 0 Å². The summed E-state index contributed by atoms with van der Waals surface area (Å²) >= 11 is 1.55. The first kappa shape index (κ1) is 18.1. The molecule has 0 saturated heterocycles. The second kappa shape index (κ2) is 8.56. The zero-order valence-corrected chi connectivity index (χ0v) is 14.2. The molecule has 1 atom stereocenters. The lowest BCUT2D eigenvalue weighted by atomic mass is 10.1. The number of hydrogen-bond acceptors (Lipinski definition) is 5. The zero-order valence-electron chi connectivity index (χ0n) is 13.4. The van der Waals surface area contributed by atoms with Gasteiger partial charge in [-0.05, 0) is 36.2 Å². The predicted octanol–water partition coefficient (Wildman–Crippen LogP) is 4.06. The van der Waals surface area contributed by atoms with Gasteiger partial charge in [0.15, 0.2) is 0 Å². The van der Waals surface area contributed by atoms with Crippen molar-refractivity contribution >= 4 is 23.0 Å². The van der Waals surface area contributed by atoms with E-state index in [1.54, 1.807) is 23.5 Å². The summed E-state index contributed by atoms with van der Waals surface area (Å²) < 4.78 is 0. The van der Waals surface area contributed by atoms with Gasteiger partial charge in [-0.1, -0.05) is 19.8 Å². The minimum absolute atomic E-state index is 0.0671. The van der Waals surface area contributed by atoms with E-state index in [-0.39, 0.29) is 5.69 Å². The second-order valence-electron chi connectivity index (χ2n) is 5.48. The lowest BCUT2D eigenvalue weighted by molar-refractivity contribution is -0.384. The van der Waals surface area contributed by atoms with Crippen molar-refractivity contribution in [3.8, 4) is 10.4 Å². The molecule has 0 bridgehead atoms. The molecule has 0 aliphatic carbocycles. The van der Waals surface area contributed by atoms with Crippen molar-refractivity contribution in [2.24, 2.45) is 0 Å². The maximum atomic E-state index is 11.2. The topological polar surface area (TPSA) is 92.5 Å². The zero-order chi connectivity index (χ0) is 17.5. The summed E-state index contributed by atoms with van der Waals surface area (Å²) in [5.74, 6) is -0.824. The largest absolute Gasteiger partial charge is 0.480 e. The van der Waals surface area contributed by atoms with Crippen LogP contribution in [0.2, 0.25) is 0 Å². The molecule has 0 fully saturated rings. The molecule has 2 N–H and O–H groups in total. The number of hydrogen-bond donors (Lipinski definition) is 2. The quantitative estimate of drug-likeness (QED) is 0.527. The smallest absolute Gasteiger partial charge is 0.320 e. The molecular formula is C17H20N2O4S. The number of carboxylic acids is 1. The van der Waals surface area contributed by atoms with Crippen molar-refractivity contribution in [3.63, 3.8) is 0 Å². The summed E-state index contributed by atoms with van der Waals surface area (Å²) in [4.78, 5) is 23.5. The highest BCUT2D eigenvalue weighted by molar-refractivity contribution is 7.15. The molecule has 128 valence electrons. The van der Waals surface area contributed by atoms with Crippen LogP contribution < -0.4 is 5.32 Å². The first-order chi connectivity index (χ1) is 11.5. The van der Waals surface area contributed by atoms with E-state index in [2.05, 4.69) is 5.32 Å². The molecule has 2 rings (SSSR count). The van der Waals surface area contributed by atoms with Gasteiger partial charge in [-0.2, -0.15) is 0 Å². The van der Waals surface area contributed by atoms with Crippen molar-refractivity contribution in [1.29, 1.82) is 0 Å². The molecule has 0 aliphatic rings. The van der Waals surface area contributed by atoms with Crippen LogP contribution in [0, 0.1) is 10.1 Å². The minimum Gasteiger partial charge on any atom is -0.480 e. The van der Waals surface area contributed by atoms with Gasteiger partial charge in [0.2, 0.25) is 0 Å². The van der Waals surface area contributed by atoms with Crippen LogP contribution in [0.3, 0.4) is 0 Å². The average Bonchev–Trinajstić information content (AvgIpc) is 3.03. The Balaban J connectivity index is 1.99. The molecule has 0 amide bonds. The van der Waals surface area contributed by atoms with E-state index >= 15 is 0 Å². The number of carbonyl (C=O) groups is 1. The Hall–Kier alpha value is -2.25. The Morgan fingerprint density at radius 1 is 1.29 bits per heavy atom. The maximum absolute atomic E-state index is 11.2. The van der Waals surface area contributed by atoms with E-state index in [0.29, 0.717) is 13.0 Å². The van der Waals surface area contributed by atoms with E-state index in [1.807, 2.05) is 19.1 Å². The number of aliphatic carboxylic acids is 1. The molecule has 1 aromatic heterocycles. The third-order valence-corrected chi connectivity index (χ3v) is 4.83. The molecule has 1 aromatic carbocycles. The number of nitrogens with zero attached hydrogens (tertiary/aromatic N) is 1. The van der Waals surface area contributed by atoms with Gasteiger partial charge in [-0.15, -0.1) is 11.3 Å². The van der Waals surface area contributed by atoms with Crippen LogP contribution in [0.4, 0.5) is 5.69 Å². The highest BCUT2D eigenvalue weighted by Gasteiger charge is 2.16. The Labute approximate surface area is 144 Å². The van der Waals surface area contributed by atoms with E-state index < -0.39 is 16.9 Å². The first-order valence-electron chi connectivity index (χ1n) is 7.81. The molecule has 2 aromatic rings. The van der Waals surface area contributed by atoms with Gasteiger partial charge in [0, 0.05) is 28.4 Å². The third-order valence-electron chi connectivity index (χ3n) is 3.69. The van der Waals surface area contributed by atoms with Crippen LogP contribution in [-0.4, -0.2) is 22.0 Å². The van der Waals surface area contributed by atoms with Crippen LogP contribution in [0.1, 0.15) is 31.1 Å². The standard InChI is InChI=1S/C17H20N2O4S/c1-2-3-4-15(17(20)21)18-11-14-9-10-16(24-14)12-5-7-13(8-6-12)19(22)23/h5-10,15,18H,2-4,11H2,1H3,(H,20,21). The summed E-state index contributed by atoms with van der Waals surface area (Å²) in [6.07, 6.45) is 2.46. The van der Waals surface area contributed by atoms with Gasteiger partial charge in [0.25, 0.3) is 5.69 Å². The Kier molecular flexibility index (Phi) is 6.45. The summed E-state index contributed by atoms with van der Waals surface area (Å²) in [5.41, 5.74) is 0.982. The highest BCUT2D eigenvalue weighted by atomic mass is 32.1. The van der Waals surface area contributed by atoms with Crippen LogP contribution in [0.25, 0.3) is 10.4 Å². The molecule has 1 unspecified atom stereocenters. The van der Waals surface area contributed by atoms with Gasteiger partial charge in [0.1, 0.15) is 6.04 Å². The fraction of sp³-hybridized carbons (Fsp3) is 0.353. The molecule has 0 radical (unpaired) electrons. The Bertz CT molecular complexity index is 697. The van der Waals surface area contributed by atoms with Gasteiger partial charge < -0.3 is 5.11 Å². The number of benzene rings is 1. The van der Waals surface area contributed by atoms with Crippen LogP contribution >= 0.6 is 11.3 Å². The molecule has 24 heavy (non-hydrogen) atoms. The monoisotopic (exact) mass is 348 g/mol. The predicted molar refractivity (Wildman–Crippen MR) is 94.2 cm³/mol. The number of rotatable bonds is 9. The first-order valence-corrected chi connectivity index (χ1v) is 8.62. The van der Waals surface area contributed by atoms with E-state index in [9.17, 15) is 20.0 Å². The highest BCUT2D eigenvalue weighted by Crippen LogP contribution is 2.29. The lowest BCUT2D eigenvalue weighted by Gasteiger charge is -2.13. The Morgan fingerprint density at radius 2 is 2.00 bits per heavy atom. The summed E-state index contributed by atoms with van der Waals surface area (Å²) in [6, 6.07) is 9.79. The number of carboxylic acid groups (broad SMARTS) is 1. The van der Waals surface area contributed by atoms with Gasteiger partial charge >= 0.3 is 5.97 Å². The summed E-state index contributed by atoms with van der Waals surface area (Å²) in [5, 5.41) is 23.0. The number of nitro groups is 1. The molecular weight excluding hydrogens is 328 g/mol. The maximum Gasteiger partial charge on any atom is 0.320 e. The average molecular weight is 348 g/mol. The van der Waals surface area contributed by atoms with Crippen molar-refractivity contribution < 1.29 is 14.8 Å². The van der Waals surface area contributed by atoms with Crippen LogP contribution in [0.5, 0.6) is 0 Å². The van der Waals surface area contributed by atoms with Gasteiger partial charge in [-0.25, -0.2) is 0 Å². The molecule has 0 saturated carbocycles. The minimum atomic E-state index is -0.824. The number of nitrogens with one attached hydrogen (secondary N) is 1. The molecule has 1 heterocycles. The molecule has 6 nitrogen and oxygen atoms in total. The number of thiophene rings is 1. The lowest BCUT2D eigenvalue weighted by Crippen LogP contribution is -2.35. The van der Waals surface area contributed by atoms with Crippen molar-refractivity contribution in [2.45, 2.75) is 38.8 Å². The van der Waals surface area contributed by atoms with E-state index in [0.717, 1.165) is 28.2 Å². The van der Waals surface area contributed by atoms with Crippen LogP contribution in [-0.2, 0) is 11.3 Å². The fourth-order valence-electron chi connectivity index (χ4n) is 2.32. The third kappa shape index (κ3) is 4.87. The normalized spacial score (nSPS) is 12.0. The molecule has 0 aliphatic heterocycles. The number of unbranched alkanes of at least 4 members (excludes halogenated alkanes) is 1. The van der Waals surface area contributed by atoms with Crippen LogP contribution in [0.15, 0.2) is 36.4 Å². The SMILES string of the molecule is CCCCC(NCc1ccc(-c2ccc([N+](=O)[O-])cc2)s1)C(=O)O. The molecule has 0 spiro atoms. The second-order valence-corrected chi connectivity index (χ2v) is 6.65. The van der Waals surface area contributed by atoms with E-state index in [1.165, 1.54) is 12.1 Å². The Morgan fingerprint density at radius 3 is 2.58 bits per heavy atom. The number of non-ortho nitro benzene ring substituents is 1. The fourth-order valence-corrected chi connectivity index (χ4v) is 3.28. The summed E-state index contributed by atoms with van der Waals surface area (Å²) in [7, 11) is 0. The molecule has 7 heteroatoms. The summed E-state index contributed by atoms with van der Waals surface area (Å²) in [6.45, 7) is 2.53.